The summed E-state index contributed by atoms with van der Waals surface area (Å²) in [5.41, 5.74) is 4.65. The third kappa shape index (κ3) is 3.61. The van der Waals surface area contributed by atoms with Crippen LogP contribution in [0.1, 0.15) is 39.7 Å². The molecule has 29 heavy (non-hydrogen) atoms. The summed E-state index contributed by atoms with van der Waals surface area (Å²) in [5.74, 6) is 0.925. The van der Waals surface area contributed by atoms with Crippen LogP contribution in [-0.2, 0) is 19.4 Å². The van der Waals surface area contributed by atoms with Crippen LogP contribution in [0.5, 0.6) is 5.75 Å². The van der Waals surface area contributed by atoms with Crippen molar-refractivity contribution in [3.63, 3.8) is 0 Å². The van der Waals surface area contributed by atoms with Crippen LogP contribution in [0.4, 0.5) is 0 Å². The Labute approximate surface area is 182 Å². The van der Waals surface area contributed by atoms with E-state index in [0.717, 1.165) is 45.5 Å². The SMILES string of the molecule is OC(c1cc2ccccc2s1)c1cc(Br)c(OCc2ccccc2)c2c1CCC2. The summed E-state index contributed by atoms with van der Waals surface area (Å²) in [6.45, 7) is 0.546. The van der Waals surface area contributed by atoms with Crippen LogP contribution < -0.4 is 4.74 Å². The Hall–Kier alpha value is -2.14. The van der Waals surface area contributed by atoms with Gasteiger partial charge in [-0.1, -0.05) is 48.5 Å². The first-order chi connectivity index (χ1) is 14.2. The highest BCUT2D eigenvalue weighted by Gasteiger charge is 2.27. The molecule has 1 aromatic heterocycles. The average Bonchev–Trinajstić information content (AvgIpc) is 3.40. The Morgan fingerprint density at radius 1 is 0.966 bits per heavy atom. The monoisotopic (exact) mass is 464 g/mol. The van der Waals surface area contributed by atoms with Crippen LogP contribution in [0.15, 0.2) is 71.2 Å². The van der Waals surface area contributed by atoms with Crippen LogP contribution >= 0.6 is 27.3 Å². The van der Waals surface area contributed by atoms with Crippen LogP contribution in [-0.4, -0.2) is 5.11 Å². The molecule has 0 saturated carbocycles. The van der Waals surface area contributed by atoms with E-state index in [0.29, 0.717) is 6.61 Å². The van der Waals surface area contributed by atoms with Gasteiger partial charge < -0.3 is 9.84 Å². The summed E-state index contributed by atoms with van der Waals surface area (Å²) in [5, 5.41) is 12.4. The van der Waals surface area contributed by atoms with E-state index in [1.807, 2.05) is 30.3 Å². The fourth-order valence-electron chi connectivity index (χ4n) is 4.17. The number of aliphatic hydroxyl groups is 1. The van der Waals surface area contributed by atoms with E-state index in [4.69, 9.17) is 4.74 Å². The largest absolute Gasteiger partial charge is 0.487 e. The third-order valence-electron chi connectivity index (χ3n) is 5.57. The summed E-state index contributed by atoms with van der Waals surface area (Å²) < 4.78 is 8.36. The molecule has 0 aliphatic heterocycles. The molecule has 1 N–H and O–H groups in total. The molecule has 0 bridgehead atoms. The molecule has 1 aliphatic rings. The number of halogens is 1. The fraction of sp³-hybridized carbons (Fsp3) is 0.200. The second-order valence-corrected chi connectivity index (χ2v) is 9.42. The van der Waals surface area contributed by atoms with Gasteiger partial charge in [-0.2, -0.15) is 0 Å². The van der Waals surface area contributed by atoms with Gasteiger partial charge in [-0.25, -0.2) is 0 Å². The van der Waals surface area contributed by atoms with Gasteiger partial charge in [-0.05, 0) is 81.0 Å². The molecule has 3 aromatic carbocycles. The average molecular weight is 465 g/mol. The van der Waals surface area contributed by atoms with Gasteiger partial charge in [0.1, 0.15) is 18.5 Å². The lowest BCUT2D eigenvalue weighted by Crippen LogP contribution is -2.06. The van der Waals surface area contributed by atoms with Gasteiger partial charge >= 0.3 is 0 Å². The molecule has 0 amide bonds. The summed E-state index contributed by atoms with van der Waals surface area (Å²) in [6, 6.07) is 22.7. The van der Waals surface area contributed by atoms with Crippen molar-refractivity contribution in [2.75, 3.05) is 0 Å². The fourth-order valence-corrected chi connectivity index (χ4v) is 5.84. The number of ether oxygens (including phenoxy) is 1. The van der Waals surface area contributed by atoms with Gasteiger partial charge in [0.2, 0.25) is 0 Å². The lowest BCUT2D eigenvalue weighted by Gasteiger charge is -2.19. The summed E-state index contributed by atoms with van der Waals surface area (Å²) in [7, 11) is 0. The minimum Gasteiger partial charge on any atom is -0.487 e. The van der Waals surface area contributed by atoms with Crippen LogP contribution in [0.2, 0.25) is 0 Å². The predicted molar refractivity (Wildman–Crippen MR) is 123 cm³/mol. The van der Waals surface area contributed by atoms with Gasteiger partial charge in [0.15, 0.2) is 0 Å². The molecule has 0 radical (unpaired) electrons. The summed E-state index contributed by atoms with van der Waals surface area (Å²) in [4.78, 5) is 0.991. The van der Waals surface area contributed by atoms with Crippen molar-refractivity contribution in [1.29, 1.82) is 0 Å². The van der Waals surface area contributed by atoms with Gasteiger partial charge in [-0.3, -0.25) is 0 Å². The molecule has 4 heteroatoms. The second-order valence-electron chi connectivity index (χ2n) is 7.45. The Balaban J connectivity index is 1.49. The highest BCUT2D eigenvalue weighted by molar-refractivity contribution is 9.10. The molecule has 0 saturated heterocycles. The summed E-state index contributed by atoms with van der Waals surface area (Å²) >= 11 is 5.38. The van der Waals surface area contributed by atoms with Crippen molar-refractivity contribution < 1.29 is 9.84 Å². The van der Waals surface area contributed by atoms with E-state index in [-0.39, 0.29) is 0 Å². The van der Waals surface area contributed by atoms with Crippen LogP contribution in [0.3, 0.4) is 0 Å². The standard InChI is InChI=1S/C25H21BrO2S/c26-21-14-20(24(27)23-13-17-9-4-5-12-22(17)29-23)18-10-6-11-19(18)25(21)28-15-16-7-2-1-3-8-16/h1-5,7-9,12-14,24,27H,6,10-11,15H2. The van der Waals surface area contributed by atoms with Crippen molar-refractivity contribution in [2.45, 2.75) is 32.0 Å². The van der Waals surface area contributed by atoms with Crippen molar-refractivity contribution in [2.24, 2.45) is 0 Å². The Morgan fingerprint density at radius 3 is 2.55 bits per heavy atom. The van der Waals surface area contributed by atoms with E-state index in [1.165, 1.54) is 21.2 Å². The number of fused-ring (bicyclic) bond motifs is 2. The quantitative estimate of drug-likeness (QED) is 0.351. The van der Waals surface area contributed by atoms with Crippen molar-refractivity contribution in [3.05, 3.63) is 98.3 Å². The zero-order valence-electron chi connectivity index (χ0n) is 15.9. The lowest BCUT2D eigenvalue weighted by molar-refractivity contribution is 0.222. The normalized spacial score (nSPS) is 14.1. The molecule has 1 unspecified atom stereocenters. The van der Waals surface area contributed by atoms with Gasteiger partial charge in [0.25, 0.3) is 0 Å². The molecule has 1 heterocycles. The van der Waals surface area contributed by atoms with Gasteiger partial charge in [0, 0.05) is 9.58 Å². The zero-order valence-corrected chi connectivity index (χ0v) is 18.3. The first-order valence-electron chi connectivity index (χ1n) is 9.88. The van der Waals surface area contributed by atoms with Gasteiger partial charge in [-0.15, -0.1) is 11.3 Å². The number of hydrogen-bond acceptors (Lipinski definition) is 3. The summed E-state index contributed by atoms with van der Waals surface area (Å²) in [6.07, 6.45) is 2.46. The minimum atomic E-state index is -0.612. The molecule has 4 aromatic rings. The Kier molecular flexibility index (Phi) is 5.17. The van der Waals surface area contributed by atoms with Gasteiger partial charge in [0.05, 0.1) is 4.47 Å². The van der Waals surface area contributed by atoms with Crippen LogP contribution in [0.25, 0.3) is 10.1 Å². The van der Waals surface area contributed by atoms with E-state index in [9.17, 15) is 5.11 Å². The topological polar surface area (TPSA) is 29.5 Å². The number of hydrogen-bond donors (Lipinski definition) is 1. The molecule has 1 aliphatic carbocycles. The molecule has 5 rings (SSSR count). The zero-order chi connectivity index (χ0) is 19.8. The number of rotatable bonds is 5. The third-order valence-corrected chi connectivity index (χ3v) is 7.33. The smallest absolute Gasteiger partial charge is 0.137 e. The van der Waals surface area contributed by atoms with Crippen molar-refractivity contribution in [1.82, 2.24) is 0 Å². The maximum Gasteiger partial charge on any atom is 0.137 e. The number of benzene rings is 3. The van der Waals surface area contributed by atoms with E-state index < -0.39 is 6.10 Å². The molecular formula is C25H21BrO2S. The molecule has 2 nitrogen and oxygen atoms in total. The Bertz CT molecular complexity index is 1130. The highest BCUT2D eigenvalue weighted by Crippen LogP contribution is 2.44. The molecule has 1 atom stereocenters. The minimum absolute atomic E-state index is 0.546. The molecular weight excluding hydrogens is 444 g/mol. The molecule has 0 fully saturated rings. The van der Waals surface area contributed by atoms with Crippen LogP contribution in [0, 0.1) is 0 Å². The molecule has 146 valence electrons. The first kappa shape index (κ1) is 18.9. The van der Waals surface area contributed by atoms with E-state index >= 15 is 0 Å². The predicted octanol–water partition coefficient (Wildman–Crippen LogP) is 6.81. The highest BCUT2D eigenvalue weighted by atomic mass is 79.9. The molecule has 0 spiro atoms. The Morgan fingerprint density at radius 2 is 1.72 bits per heavy atom. The van der Waals surface area contributed by atoms with E-state index in [1.54, 1.807) is 11.3 Å². The second kappa shape index (κ2) is 7.94. The van der Waals surface area contributed by atoms with Crippen molar-refractivity contribution in [3.8, 4) is 5.75 Å². The number of aliphatic hydroxyl groups excluding tert-OH is 1. The maximum atomic E-state index is 11.2. The first-order valence-corrected chi connectivity index (χ1v) is 11.5. The van der Waals surface area contributed by atoms with E-state index in [2.05, 4.69) is 52.3 Å². The number of thiophene rings is 1. The maximum absolute atomic E-state index is 11.2. The lowest BCUT2D eigenvalue weighted by atomic mass is 9.97. The van der Waals surface area contributed by atoms with Crippen molar-refractivity contribution >= 4 is 37.4 Å².